The molecule has 57 heavy (non-hydrogen) atoms. The minimum absolute atomic E-state index is 0.00344. The smallest absolute Gasteiger partial charge is 0.143 e. The Balaban J connectivity index is 1.31. The molecule has 10 aromatic rings. The van der Waals surface area contributed by atoms with E-state index in [1.165, 1.54) is 71.1 Å². The lowest BCUT2D eigenvalue weighted by Crippen LogP contribution is -2.16. The minimum Gasteiger partial charge on any atom is -0.455 e. The van der Waals surface area contributed by atoms with Crippen LogP contribution in [-0.4, -0.2) is 9.13 Å². The molecule has 3 aromatic heterocycles. The normalized spacial score (nSPS) is 13.0. The van der Waals surface area contributed by atoms with Gasteiger partial charge in [-0.15, -0.1) is 0 Å². The maximum absolute atomic E-state index is 7.15. The predicted octanol–water partition coefficient (Wildman–Crippen LogP) is 15.3. The van der Waals surface area contributed by atoms with Crippen molar-refractivity contribution >= 4 is 65.6 Å². The predicted molar refractivity (Wildman–Crippen MR) is 244 cm³/mol. The van der Waals surface area contributed by atoms with E-state index in [9.17, 15) is 0 Å². The van der Waals surface area contributed by atoms with E-state index in [2.05, 4.69) is 211 Å². The second-order valence-corrected chi connectivity index (χ2v) is 19.1. The summed E-state index contributed by atoms with van der Waals surface area (Å²) in [5.74, 6) is 0. The molecule has 0 bridgehead atoms. The van der Waals surface area contributed by atoms with Gasteiger partial charge in [-0.25, -0.2) is 0 Å². The molecule has 7 aromatic carbocycles. The van der Waals surface area contributed by atoms with Gasteiger partial charge in [-0.3, -0.25) is 0 Å². The highest BCUT2D eigenvalue weighted by Crippen LogP contribution is 2.46. The summed E-state index contributed by atoms with van der Waals surface area (Å²) in [4.78, 5) is 0. The van der Waals surface area contributed by atoms with E-state index in [-0.39, 0.29) is 16.2 Å². The van der Waals surface area contributed by atoms with Gasteiger partial charge in [0, 0.05) is 54.8 Å². The standard InChI is InChI=1S/C54H50N2O/c1-52(2,3)34-29-42(50-43(30-34)44-31-35(53(4,5)6)32-45(51(44)57-50)54(7,8)9)33-18-17-21-37(28-33)56-47-25-16-14-23-39(47)41-27-26-40-38-22-13-15-24-46(38)55(48(40)49(41)56)36-19-11-10-12-20-36/h10-32H,1-9H3. The molecule has 3 heteroatoms. The van der Waals surface area contributed by atoms with Gasteiger partial charge in [0.2, 0.25) is 0 Å². The SMILES string of the molecule is CC(C)(C)c1cc(-c2cccc(-n3c4ccccc4c4ccc5c6ccccc6n(-c6ccccc6)c5c43)c2)c2oc3c(C(C)(C)C)cc(C(C)(C)C)cc3c2c1. The number of para-hydroxylation sites is 3. The van der Waals surface area contributed by atoms with Crippen LogP contribution in [0.4, 0.5) is 0 Å². The van der Waals surface area contributed by atoms with E-state index in [0.29, 0.717) is 0 Å². The largest absolute Gasteiger partial charge is 0.455 e. The Kier molecular flexibility index (Phi) is 7.58. The summed E-state index contributed by atoms with van der Waals surface area (Å²) >= 11 is 0. The molecule has 10 rings (SSSR count). The average Bonchev–Trinajstić information content (AvgIpc) is 3.84. The van der Waals surface area contributed by atoms with Crippen molar-refractivity contribution < 1.29 is 4.42 Å². The molecule has 0 N–H and O–H groups in total. The molecule has 0 saturated heterocycles. The summed E-state index contributed by atoms with van der Waals surface area (Å²) in [5, 5.41) is 7.35. The number of nitrogens with zero attached hydrogens (tertiary/aromatic N) is 2. The molecule has 0 unspecified atom stereocenters. The lowest BCUT2D eigenvalue weighted by Gasteiger charge is -2.25. The highest BCUT2D eigenvalue weighted by atomic mass is 16.3. The van der Waals surface area contributed by atoms with Gasteiger partial charge in [-0.2, -0.15) is 0 Å². The Bertz CT molecular complexity index is 3220. The molecular weight excluding hydrogens is 693 g/mol. The summed E-state index contributed by atoms with van der Waals surface area (Å²) in [6.07, 6.45) is 0. The lowest BCUT2D eigenvalue weighted by atomic mass is 9.79. The molecule has 0 fully saturated rings. The zero-order chi connectivity index (χ0) is 39.6. The number of benzene rings is 7. The van der Waals surface area contributed by atoms with Crippen LogP contribution in [-0.2, 0) is 16.2 Å². The molecule has 0 aliphatic heterocycles. The fourth-order valence-corrected chi connectivity index (χ4v) is 9.04. The first kappa shape index (κ1) is 35.4. The lowest BCUT2D eigenvalue weighted by molar-refractivity contribution is 0.559. The fourth-order valence-electron chi connectivity index (χ4n) is 9.04. The number of rotatable bonds is 3. The van der Waals surface area contributed by atoms with Crippen LogP contribution in [0.25, 0.3) is 88.1 Å². The van der Waals surface area contributed by atoms with E-state index >= 15 is 0 Å². The number of aromatic nitrogens is 2. The third kappa shape index (κ3) is 5.46. The number of hydrogen-bond donors (Lipinski definition) is 0. The summed E-state index contributed by atoms with van der Waals surface area (Å²) in [7, 11) is 0. The molecule has 0 spiro atoms. The number of furan rings is 1. The van der Waals surface area contributed by atoms with Crippen molar-refractivity contribution in [3.63, 3.8) is 0 Å². The van der Waals surface area contributed by atoms with Gasteiger partial charge in [0.15, 0.2) is 0 Å². The van der Waals surface area contributed by atoms with Gasteiger partial charge in [0.1, 0.15) is 11.2 Å². The molecule has 3 nitrogen and oxygen atoms in total. The molecule has 0 radical (unpaired) electrons. The molecule has 0 atom stereocenters. The van der Waals surface area contributed by atoms with Gasteiger partial charge in [-0.05, 0) is 87.5 Å². The second kappa shape index (κ2) is 12.2. The van der Waals surface area contributed by atoms with Crippen LogP contribution in [0.3, 0.4) is 0 Å². The fraction of sp³-hybridized carbons (Fsp3) is 0.222. The molecule has 3 heterocycles. The molecule has 0 amide bonds. The number of fused-ring (bicyclic) bond motifs is 10. The molecule has 282 valence electrons. The van der Waals surface area contributed by atoms with Crippen LogP contribution in [0, 0.1) is 0 Å². The van der Waals surface area contributed by atoms with E-state index < -0.39 is 0 Å². The first-order chi connectivity index (χ1) is 27.2. The second-order valence-electron chi connectivity index (χ2n) is 19.1. The van der Waals surface area contributed by atoms with Crippen molar-refractivity contribution in [2.75, 3.05) is 0 Å². The molecule has 0 aliphatic rings. The highest BCUT2D eigenvalue weighted by Gasteiger charge is 2.28. The van der Waals surface area contributed by atoms with E-state index in [1.54, 1.807) is 0 Å². The Hall–Kier alpha value is -6.06. The Morgan fingerprint density at radius 1 is 0.386 bits per heavy atom. The Labute approximate surface area is 335 Å². The summed E-state index contributed by atoms with van der Waals surface area (Å²) in [6, 6.07) is 51.7. The number of hydrogen-bond acceptors (Lipinski definition) is 1. The van der Waals surface area contributed by atoms with Gasteiger partial charge >= 0.3 is 0 Å². The summed E-state index contributed by atoms with van der Waals surface area (Å²) in [5.41, 5.74) is 15.0. The van der Waals surface area contributed by atoms with Crippen molar-refractivity contribution in [3.8, 4) is 22.5 Å². The Morgan fingerprint density at radius 2 is 0.895 bits per heavy atom. The van der Waals surface area contributed by atoms with Gasteiger partial charge < -0.3 is 13.6 Å². The van der Waals surface area contributed by atoms with Crippen LogP contribution in [0.1, 0.15) is 79.0 Å². The van der Waals surface area contributed by atoms with Crippen molar-refractivity contribution in [1.29, 1.82) is 0 Å². The third-order valence-corrected chi connectivity index (χ3v) is 12.1. The van der Waals surface area contributed by atoms with Crippen LogP contribution >= 0.6 is 0 Å². The van der Waals surface area contributed by atoms with Crippen molar-refractivity contribution in [3.05, 3.63) is 156 Å². The quantitative estimate of drug-likeness (QED) is 0.177. The van der Waals surface area contributed by atoms with Crippen molar-refractivity contribution in [1.82, 2.24) is 9.13 Å². The van der Waals surface area contributed by atoms with Crippen LogP contribution in [0.15, 0.2) is 144 Å². The molecule has 0 aliphatic carbocycles. The summed E-state index contributed by atoms with van der Waals surface area (Å²) < 4.78 is 12.1. The third-order valence-electron chi connectivity index (χ3n) is 12.1. The summed E-state index contributed by atoms with van der Waals surface area (Å²) in [6.45, 7) is 20.8. The monoisotopic (exact) mass is 742 g/mol. The zero-order valence-electron chi connectivity index (χ0n) is 34.6. The van der Waals surface area contributed by atoms with Crippen LogP contribution < -0.4 is 0 Å². The van der Waals surface area contributed by atoms with Crippen molar-refractivity contribution in [2.45, 2.75) is 78.6 Å². The van der Waals surface area contributed by atoms with Gasteiger partial charge in [0.25, 0.3) is 0 Å². The maximum atomic E-state index is 7.15. The first-order valence-electron chi connectivity index (χ1n) is 20.4. The highest BCUT2D eigenvalue weighted by molar-refractivity contribution is 6.24. The average molecular weight is 743 g/mol. The maximum Gasteiger partial charge on any atom is 0.143 e. The molecule has 0 saturated carbocycles. The minimum atomic E-state index is -0.0928. The topological polar surface area (TPSA) is 23.0 Å². The van der Waals surface area contributed by atoms with Gasteiger partial charge in [-0.1, -0.05) is 147 Å². The van der Waals surface area contributed by atoms with Gasteiger partial charge in [0.05, 0.1) is 22.1 Å². The van der Waals surface area contributed by atoms with Crippen molar-refractivity contribution in [2.24, 2.45) is 0 Å². The Morgan fingerprint density at radius 3 is 1.47 bits per heavy atom. The van der Waals surface area contributed by atoms with E-state index in [0.717, 1.165) is 33.7 Å². The zero-order valence-corrected chi connectivity index (χ0v) is 34.6. The first-order valence-corrected chi connectivity index (χ1v) is 20.4. The molecular formula is C54H50N2O. The van der Waals surface area contributed by atoms with E-state index in [1.807, 2.05) is 0 Å². The van der Waals surface area contributed by atoms with E-state index in [4.69, 9.17) is 4.42 Å². The van der Waals surface area contributed by atoms with Crippen LogP contribution in [0.2, 0.25) is 0 Å². The van der Waals surface area contributed by atoms with Crippen LogP contribution in [0.5, 0.6) is 0 Å².